The summed E-state index contributed by atoms with van der Waals surface area (Å²) in [7, 11) is 0. The number of rotatable bonds is 6. The average molecular weight is 352 g/mol. The lowest BCUT2D eigenvalue weighted by molar-refractivity contribution is -0.115. The lowest BCUT2D eigenvalue weighted by atomic mass is 10.1. The number of allylic oxidation sites excluding steroid dienone is 2. The molecule has 0 saturated carbocycles. The first-order chi connectivity index (χ1) is 12.2. The quantitative estimate of drug-likeness (QED) is 0.739. The summed E-state index contributed by atoms with van der Waals surface area (Å²) in [6.07, 6.45) is 10.5. The highest BCUT2D eigenvalue weighted by molar-refractivity contribution is 8.18. The minimum Gasteiger partial charge on any atom is -0.465 e. The Morgan fingerprint density at radius 1 is 1.24 bits per heavy atom. The Balaban J connectivity index is 1.64. The van der Waals surface area contributed by atoms with Crippen molar-refractivity contribution in [2.75, 3.05) is 0 Å². The van der Waals surface area contributed by atoms with Crippen LogP contribution in [0.4, 0.5) is 5.69 Å². The maximum absolute atomic E-state index is 12.0. The van der Waals surface area contributed by atoms with Gasteiger partial charge in [-0.25, -0.2) is 4.99 Å². The average Bonchev–Trinajstić information content (AvgIpc) is 3.25. The number of carbonyl (C=O) groups excluding carboxylic acids is 1. The van der Waals surface area contributed by atoms with Crippen LogP contribution in [-0.4, -0.2) is 11.1 Å². The van der Waals surface area contributed by atoms with Crippen molar-refractivity contribution in [2.24, 2.45) is 4.99 Å². The van der Waals surface area contributed by atoms with Crippen LogP contribution < -0.4 is 5.32 Å². The molecule has 0 bridgehead atoms. The minimum absolute atomic E-state index is 0.132. The van der Waals surface area contributed by atoms with Gasteiger partial charge in [0, 0.05) is 0 Å². The Kier molecular flexibility index (Phi) is 5.90. The number of hydrogen-bond acceptors (Lipinski definition) is 4. The maximum Gasteiger partial charge on any atom is 0.264 e. The zero-order chi connectivity index (χ0) is 17.5. The van der Waals surface area contributed by atoms with Gasteiger partial charge in [-0.2, -0.15) is 0 Å². The van der Waals surface area contributed by atoms with Gasteiger partial charge in [-0.15, -0.1) is 0 Å². The van der Waals surface area contributed by atoms with Gasteiger partial charge in [0.2, 0.25) is 0 Å². The van der Waals surface area contributed by atoms with E-state index in [4.69, 9.17) is 4.42 Å². The van der Waals surface area contributed by atoms with Gasteiger partial charge in [0.25, 0.3) is 5.91 Å². The van der Waals surface area contributed by atoms with Crippen molar-refractivity contribution in [3.63, 3.8) is 0 Å². The molecule has 1 amide bonds. The summed E-state index contributed by atoms with van der Waals surface area (Å²) < 4.78 is 5.21. The van der Waals surface area contributed by atoms with Gasteiger partial charge in [-0.05, 0) is 66.6 Å². The Morgan fingerprint density at radius 3 is 2.80 bits per heavy atom. The van der Waals surface area contributed by atoms with E-state index in [1.165, 1.54) is 30.2 Å². The fourth-order valence-electron chi connectivity index (χ4n) is 2.35. The molecular formula is C20H20N2O2S. The Hall–Kier alpha value is -2.53. The summed E-state index contributed by atoms with van der Waals surface area (Å²) in [4.78, 5) is 17.1. The summed E-state index contributed by atoms with van der Waals surface area (Å²) >= 11 is 1.34. The number of carbonyl (C=O) groups is 1. The number of unbranched alkanes of at least 4 members (excludes halogenated alkanes) is 1. The number of benzene rings is 1. The van der Waals surface area contributed by atoms with Crippen molar-refractivity contribution in [3.05, 3.63) is 71.0 Å². The van der Waals surface area contributed by atoms with E-state index in [-0.39, 0.29) is 5.91 Å². The van der Waals surface area contributed by atoms with Crippen molar-refractivity contribution in [3.8, 4) is 0 Å². The fraction of sp³-hybridized carbons (Fsp3) is 0.200. The van der Waals surface area contributed by atoms with E-state index in [0.29, 0.717) is 10.1 Å². The number of hydrogen-bond donors (Lipinski definition) is 1. The Morgan fingerprint density at radius 2 is 2.08 bits per heavy atom. The van der Waals surface area contributed by atoms with Crippen molar-refractivity contribution in [1.29, 1.82) is 0 Å². The van der Waals surface area contributed by atoms with Crippen LogP contribution in [-0.2, 0) is 11.2 Å². The molecule has 1 aromatic carbocycles. The number of amidine groups is 1. The summed E-state index contributed by atoms with van der Waals surface area (Å²) in [5.74, 6) is 0.615. The molecule has 25 heavy (non-hydrogen) atoms. The molecule has 5 heteroatoms. The van der Waals surface area contributed by atoms with Crippen LogP contribution in [0.1, 0.15) is 31.1 Å². The second-order valence-corrected chi connectivity index (χ2v) is 6.68. The second-order valence-electron chi connectivity index (χ2n) is 5.65. The third-order valence-corrected chi connectivity index (χ3v) is 4.62. The van der Waals surface area contributed by atoms with Crippen molar-refractivity contribution in [2.45, 2.75) is 26.2 Å². The zero-order valence-corrected chi connectivity index (χ0v) is 14.9. The lowest BCUT2D eigenvalue weighted by Crippen LogP contribution is -2.19. The first-order valence-electron chi connectivity index (χ1n) is 8.33. The third-order valence-electron chi connectivity index (χ3n) is 3.69. The van der Waals surface area contributed by atoms with Gasteiger partial charge in [-0.1, -0.05) is 31.6 Å². The monoisotopic (exact) mass is 352 g/mol. The predicted octanol–water partition coefficient (Wildman–Crippen LogP) is 5.07. The maximum atomic E-state index is 12.0. The summed E-state index contributed by atoms with van der Waals surface area (Å²) in [5, 5.41) is 3.39. The molecule has 3 rings (SSSR count). The summed E-state index contributed by atoms with van der Waals surface area (Å²) in [5.41, 5.74) is 2.16. The number of nitrogens with one attached hydrogen (secondary N) is 1. The number of aryl methyl sites for hydroxylation is 1. The van der Waals surface area contributed by atoms with E-state index in [1.807, 2.05) is 30.3 Å². The largest absolute Gasteiger partial charge is 0.465 e. The van der Waals surface area contributed by atoms with E-state index in [2.05, 4.69) is 29.4 Å². The Labute approximate surface area is 151 Å². The molecule has 0 spiro atoms. The molecule has 0 unspecified atom stereocenters. The lowest BCUT2D eigenvalue weighted by Gasteiger charge is -2.01. The van der Waals surface area contributed by atoms with Crippen LogP contribution >= 0.6 is 11.8 Å². The zero-order valence-electron chi connectivity index (χ0n) is 14.1. The molecule has 1 aromatic heterocycles. The number of amides is 1. The standard InChI is InChI=1S/C20H20N2O2S/c1-2-3-6-15-10-12-16(13-11-15)21-20-22-19(23)18(25-20)9-4-7-17-8-5-14-24-17/h4-5,7-14H,2-3,6H2,1H3,(H,21,22,23)/b7-4+,18-9+. The van der Waals surface area contributed by atoms with Crippen LogP contribution in [0.3, 0.4) is 0 Å². The molecule has 1 fully saturated rings. The van der Waals surface area contributed by atoms with Crippen molar-refractivity contribution >= 4 is 34.6 Å². The van der Waals surface area contributed by atoms with Gasteiger partial charge < -0.3 is 9.73 Å². The predicted molar refractivity (Wildman–Crippen MR) is 104 cm³/mol. The molecular weight excluding hydrogens is 332 g/mol. The molecule has 2 heterocycles. The fourth-order valence-corrected chi connectivity index (χ4v) is 3.14. The van der Waals surface area contributed by atoms with Gasteiger partial charge in [0.15, 0.2) is 5.17 Å². The molecule has 0 atom stereocenters. The molecule has 0 radical (unpaired) electrons. The van der Waals surface area contributed by atoms with E-state index in [1.54, 1.807) is 18.4 Å². The number of aliphatic imine (C=N–C) groups is 1. The van der Waals surface area contributed by atoms with Crippen LogP contribution in [0, 0.1) is 0 Å². The highest BCUT2D eigenvalue weighted by Crippen LogP contribution is 2.26. The van der Waals surface area contributed by atoms with Crippen LogP contribution in [0.5, 0.6) is 0 Å². The van der Waals surface area contributed by atoms with Crippen LogP contribution in [0.2, 0.25) is 0 Å². The van der Waals surface area contributed by atoms with Crippen LogP contribution in [0.25, 0.3) is 6.08 Å². The van der Waals surface area contributed by atoms with Gasteiger partial charge in [-0.3, -0.25) is 4.79 Å². The Bertz CT molecular complexity index is 803. The first-order valence-corrected chi connectivity index (χ1v) is 9.15. The SMILES string of the molecule is CCCCc1ccc(N=C2NC(=O)/C(=C\C=C\c3ccco3)S2)cc1. The van der Waals surface area contributed by atoms with Crippen LogP contribution in [0.15, 0.2) is 69.1 Å². The topological polar surface area (TPSA) is 54.6 Å². The van der Waals surface area contributed by atoms with E-state index >= 15 is 0 Å². The molecule has 2 aromatic rings. The highest BCUT2D eigenvalue weighted by Gasteiger charge is 2.23. The van der Waals surface area contributed by atoms with E-state index in [9.17, 15) is 4.79 Å². The van der Waals surface area contributed by atoms with E-state index in [0.717, 1.165) is 17.9 Å². The van der Waals surface area contributed by atoms with Gasteiger partial charge in [0.05, 0.1) is 16.9 Å². The summed E-state index contributed by atoms with van der Waals surface area (Å²) in [6, 6.07) is 11.8. The van der Waals surface area contributed by atoms with E-state index < -0.39 is 0 Å². The van der Waals surface area contributed by atoms with Crippen molar-refractivity contribution in [1.82, 2.24) is 5.32 Å². The molecule has 4 nitrogen and oxygen atoms in total. The minimum atomic E-state index is -0.132. The number of thioether (sulfide) groups is 1. The summed E-state index contributed by atoms with van der Waals surface area (Å²) in [6.45, 7) is 2.19. The van der Waals surface area contributed by atoms with Gasteiger partial charge in [0.1, 0.15) is 5.76 Å². The molecule has 1 aliphatic rings. The number of nitrogens with zero attached hydrogens (tertiary/aromatic N) is 1. The molecule has 1 aliphatic heterocycles. The smallest absolute Gasteiger partial charge is 0.264 e. The highest BCUT2D eigenvalue weighted by atomic mass is 32.2. The van der Waals surface area contributed by atoms with Gasteiger partial charge >= 0.3 is 0 Å². The normalized spacial score (nSPS) is 17.7. The first kappa shape index (κ1) is 17.3. The second kappa shape index (κ2) is 8.53. The van der Waals surface area contributed by atoms with Crippen molar-refractivity contribution < 1.29 is 9.21 Å². The molecule has 1 N–H and O–H groups in total. The molecule has 1 saturated heterocycles. The third kappa shape index (κ3) is 4.97. The molecule has 0 aliphatic carbocycles. The molecule has 128 valence electrons. The number of furan rings is 1.